The van der Waals surface area contributed by atoms with E-state index in [1.165, 1.54) is 12.8 Å². The molecule has 2 N–H and O–H groups in total. The summed E-state index contributed by atoms with van der Waals surface area (Å²) >= 11 is 0. The van der Waals surface area contributed by atoms with Gasteiger partial charge in [0.2, 0.25) is 12.7 Å². The van der Waals surface area contributed by atoms with Gasteiger partial charge in [0.1, 0.15) is 5.82 Å². The predicted octanol–water partition coefficient (Wildman–Crippen LogP) is 4.11. The fourth-order valence-electron chi connectivity index (χ4n) is 3.70. The van der Waals surface area contributed by atoms with Gasteiger partial charge in [-0.1, -0.05) is 0 Å². The van der Waals surface area contributed by atoms with Crippen LogP contribution in [-0.4, -0.2) is 35.8 Å². The van der Waals surface area contributed by atoms with Gasteiger partial charge in [0.25, 0.3) is 5.91 Å². The van der Waals surface area contributed by atoms with Gasteiger partial charge in [0, 0.05) is 41.8 Å². The molecule has 0 unspecified atom stereocenters. The predicted molar refractivity (Wildman–Crippen MR) is 118 cm³/mol. The third-order valence-electron chi connectivity index (χ3n) is 5.28. The standard InChI is InChI=1S/C23H23N5O3/c1-15-12-21(27-23(24-15)28-10-2-3-11-28)25-17-5-7-18(8-6-17)26-22(29)16-4-9-19-20(13-16)31-14-30-19/h4-9,12-13H,2-3,10-11,14H2,1H3,(H,26,29)(H,24,25,27). The molecule has 0 radical (unpaired) electrons. The van der Waals surface area contributed by atoms with Crippen molar-refractivity contribution >= 4 is 29.0 Å². The van der Waals surface area contributed by atoms with Crippen molar-refractivity contribution in [3.05, 3.63) is 59.8 Å². The monoisotopic (exact) mass is 417 g/mol. The fraction of sp³-hybridized carbons (Fsp3) is 0.261. The van der Waals surface area contributed by atoms with Crippen LogP contribution in [0.3, 0.4) is 0 Å². The number of amides is 1. The molecule has 158 valence electrons. The van der Waals surface area contributed by atoms with Crippen molar-refractivity contribution in [2.24, 2.45) is 0 Å². The van der Waals surface area contributed by atoms with Crippen LogP contribution >= 0.6 is 0 Å². The number of hydrogen-bond donors (Lipinski definition) is 2. The number of nitrogens with zero attached hydrogens (tertiary/aromatic N) is 3. The Bertz CT molecular complexity index is 1110. The highest BCUT2D eigenvalue weighted by atomic mass is 16.7. The Balaban J connectivity index is 1.25. The van der Waals surface area contributed by atoms with Crippen LogP contribution in [0, 0.1) is 6.92 Å². The van der Waals surface area contributed by atoms with E-state index >= 15 is 0 Å². The molecule has 2 aliphatic heterocycles. The van der Waals surface area contributed by atoms with Crippen molar-refractivity contribution in [3.8, 4) is 11.5 Å². The number of hydrogen-bond acceptors (Lipinski definition) is 7. The highest BCUT2D eigenvalue weighted by Crippen LogP contribution is 2.32. The Morgan fingerprint density at radius 1 is 0.935 bits per heavy atom. The second-order valence-corrected chi connectivity index (χ2v) is 7.61. The average Bonchev–Trinajstić information content (AvgIpc) is 3.46. The lowest BCUT2D eigenvalue weighted by Crippen LogP contribution is -2.21. The third kappa shape index (κ3) is 4.23. The molecule has 0 bridgehead atoms. The topological polar surface area (TPSA) is 88.6 Å². The Morgan fingerprint density at radius 3 is 2.48 bits per heavy atom. The molecule has 1 fully saturated rings. The zero-order valence-corrected chi connectivity index (χ0v) is 17.2. The van der Waals surface area contributed by atoms with E-state index in [4.69, 9.17) is 9.47 Å². The second-order valence-electron chi connectivity index (χ2n) is 7.61. The Kier molecular flexibility index (Phi) is 5.03. The first-order valence-corrected chi connectivity index (χ1v) is 10.3. The summed E-state index contributed by atoms with van der Waals surface area (Å²) in [4.78, 5) is 24.0. The molecule has 0 atom stereocenters. The molecule has 3 heterocycles. The van der Waals surface area contributed by atoms with Gasteiger partial charge >= 0.3 is 0 Å². The number of aromatic nitrogens is 2. The van der Waals surface area contributed by atoms with Crippen molar-refractivity contribution in [2.45, 2.75) is 19.8 Å². The molecule has 3 aromatic rings. The van der Waals surface area contributed by atoms with Crippen LogP contribution in [0.4, 0.5) is 23.1 Å². The highest BCUT2D eigenvalue weighted by molar-refractivity contribution is 6.04. The number of aryl methyl sites for hydroxylation is 1. The van der Waals surface area contributed by atoms with Gasteiger partial charge in [-0.15, -0.1) is 0 Å². The molecular formula is C23H23N5O3. The molecule has 31 heavy (non-hydrogen) atoms. The van der Waals surface area contributed by atoms with Gasteiger partial charge in [0.05, 0.1) is 0 Å². The van der Waals surface area contributed by atoms with E-state index < -0.39 is 0 Å². The van der Waals surface area contributed by atoms with Crippen LogP contribution in [0.2, 0.25) is 0 Å². The van der Waals surface area contributed by atoms with Crippen molar-refractivity contribution in [3.63, 3.8) is 0 Å². The maximum absolute atomic E-state index is 12.5. The van der Waals surface area contributed by atoms with E-state index in [1.54, 1.807) is 18.2 Å². The van der Waals surface area contributed by atoms with E-state index in [1.807, 2.05) is 37.3 Å². The normalized spacial score (nSPS) is 14.5. The molecule has 8 nitrogen and oxygen atoms in total. The minimum absolute atomic E-state index is 0.181. The quantitative estimate of drug-likeness (QED) is 0.646. The molecule has 0 saturated carbocycles. The van der Waals surface area contributed by atoms with Crippen molar-refractivity contribution in [1.82, 2.24) is 9.97 Å². The van der Waals surface area contributed by atoms with Crippen molar-refractivity contribution in [2.75, 3.05) is 35.4 Å². The largest absolute Gasteiger partial charge is 0.454 e. The zero-order valence-electron chi connectivity index (χ0n) is 17.2. The molecule has 0 spiro atoms. The second kappa shape index (κ2) is 8.14. The maximum Gasteiger partial charge on any atom is 0.255 e. The van der Waals surface area contributed by atoms with Crippen LogP contribution < -0.4 is 25.0 Å². The number of carbonyl (C=O) groups is 1. The Labute approximate surface area is 180 Å². The number of anilines is 4. The van der Waals surface area contributed by atoms with Gasteiger partial charge in [-0.2, -0.15) is 4.98 Å². The van der Waals surface area contributed by atoms with E-state index in [9.17, 15) is 4.79 Å². The summed E-state index contributed by atoms with van der Waals surface area (Å²) in [7, 11) is 0. The number of nitrogens with one attached hydrogen (secondary N) is 2. The molecule has 1 amide bonds. The summed E-state index contributed by atoms with van der Waals surface area (Å²) in [5.74, 6) is 2.56. The molecule has 5 rings (SSSR count). The van der Waals surface area contributed by atoms with E-state index in [-0.39, 0.29) is 12.7 Å². The number of rotatable bonds is 5. The smallest absolute Gasteiger partial charge is 0.255 e. The van der Waals surface area contributed by atoms with Crippen LogP contribution in [0.15, 0.2) is 48.5 Å². The average molecular weight is 417 g/mol. The summed E-state index contributed by atoms with van der Waals surface area (Å²) in [6.45, 7) is 4.16. The number of carbonyl (C=O) groups excluding carboxylic acids is 1. The summed E-state index contributed by atoms with van der Waals surface area (Å²) in [6.07, 6.45) is 2.36. The molecule has 8 heteroatoms. The van der Waals surface area contributed by atoms with Gasteiger partial charge in [0.15, 0.2) is 11.5 Å². The first-order valence-electron chi connectivity index (χ1n) is 10.3. The number of fused-ring (bicyclic) bond motifs is 1. The van der Waals surface area contributed by atoms with Crippen molar-refractivity contribution < 1.29 is 14.3 Å². The molecule has 1 aromatic heterocycles. The minimum atomic E-state index is -0.208. The van der Waals surface area contributed by atoms with Gasteiger partial charge in [-0.3, -0.25) is 4.79 Å². The zero-order chi connectivity index (χ0) is 21.2. The van der Waals surface area contributed by atoms with Gasteiger partial charge in [-0.05, 0) is 62.2 Å². The first kappa shape index (κ1) is 19.2. The Hall–Kier alpha value is -3.81. The van der Waals surface area contributed by atoms with Gasteiger partial charge < -0.3 is 25.0 Å². The molecular weight excluding hydrogens is 394 g/mol. The molecule has 0 aliphatic carbocycles. The van der Waals surface area contributed by atoms with E-state index in [2.05, 4.69) is 25.5 Å². The third-order valence-corrected chi connectivity index (χ3v) is 5.28. The van der Waals surface area contributed by atoms with Crippen LogP contribution in [0.1, 0.15) is 28.9 Å². The fourth-order valence-corrected chi connectivity index (χ4v) is 3.70. The molecule has 2 aromatic carbocycles. The van der Waals surface area contributed by atoms with Crippen LogP contribution in [0.5, 0.6) is 11.5 Å². The lowest BCUT2D eigenvalue weighted by Gasteiger charge is -2.17. The molecule has 1 saturated heterocycles. The highest BCUT2D eigenvalue weighted by Gasteiger charge is 2.17. The summed E-state index contributed by atoms with van der Waals surface area (Å²) in [5.41, 5.74) is 3.01. The lowest BCUT2D eigenvalue weighted by molar-refractivity contribution is 0.102. The van der Waals surface area contributed by atoms with E-state index in [0.29, 0.717) is 22.7 Å². The van der Waals surface area contributed by atoms with Crippen LogP contribution in [0.25, 0.3) is 0 Å². The minimum Gasteiger partial charge on any atom is -0.454 e. The number of ether oxygens (including phenoxy) is 2. The summed E-state index contributed by atoms with van der Waals surface area (Å²) in [5, 5.41) is 6.23. The van der Waals surface area contributed by atoms with Crippen LogP contribution in [-0.2, 0) is 0 Å². The van der Waals surface area contributed by atoms with Gasteiger partial charge in [-0.25, -0.2) is 4.98 Å². The SMILES string of the molecule is Cc1cc(Nc2ccc(NC(=O)c3ccc4c(c3)OCO4)cc2)nc(N2CCCC2)n1. The summed E-state index contributed by atoms with van der Waals surface area (Å²) < 4.78 is 10.6. The van der Waals surface area contributed by atoms with Crippen molar-refractivity contribution in [1.29, 1.82) is 0 Å². The number of benzene rings is 2. The lowest BCUT2D eigenvalue weighted by atomic mass is 10.2. The Morgan fingerprint density at radius 2 is 1.68 bits per heavy atom. The summed E-state index contributed by atoms with van der Waals surface area (Å²) in [6, 6.07) is 14.6. The first-order chi connectivity index (χ1) is 15.1. The molecule has 2 aliphatic rings. The maximum atomic E-state index is 12.5. The van der Waals surface area contributed by atoms with E-state index in [0.717, 1.165) is 36.2 Å².